The first-order valence-electron chi connectivity index (χ1n) is 4.74. The molecule has 13 heavy (non-hydrogen) atoms. The van der Waals surface area contributed by atoms with Gasteiger partial charge in [0, 0.05) is 6.42 Å². The Morgan fingerprint density at radius 1 is 1.38 bits per heavy atom. The highest BCUT2D eigenvalue weighted by molar-refractivity contribution is 5.69. The molecule has 0 unspecified atom stereocenters. The van der Waals surface area contributed by atoms with E-state index >= 15 is 0 Å². The third kappa shape index (κ3) is 8.86. The molecule has 0 rings (SSSR count). The number of allylic oxidation sites excluding steroid dienone is 3. The van der Waals surface area contributed by atoms with Crippen LogP contribution in [0.5, 0.6) is 0 Å². The van der Waals surface area contributed by atoms with E-state index in [9.17, 15) is 4.79 Å². The minimum atomic E-state index is -0.105. The highest BCUT2D eigenvalue weighted by atomic mass is 16.5. The van der Waals surface area contributed by atoms with Crippen LogP contribution in [0.2, 0.25) is 0 Å². The Hall–Kier alpha value is -1.05. The van der Waals surface area contributed by atoms with Crippen molar-refractivity contribution in [3.63, 3.8) is 0 Å². The zero-order valence-electron chi connectivity index (χ0n) is 8.45. The van der Waals surface area contributed by atoms with E-state index in [0.717, 1.165) is 12.8 Å². The first kappa shape index (κ1) is 11.9. The molecule has 0 aromatic carbocycles. The second-order valence-electron chi connectivity index (χ2n) is 2.74. The lowest BCUT2D eigenvalue weighted by atomic mass is 10.2. The minimum Gasteiger partial charge on any atom is -0.461 e. The monoisotopic (exact) mass is 182 g/mol. The molecule has 0 atom stereocenters. The molecular formula is C11H18O2. The zero-order valence-corrected chi connectivity index (χ0v) is 8.45. The molecule has 0 N–H and O–H groups in total. The van der Waals surface area contributed by atoms with Gasteiger partial charge < -0.3 is 4.74 Å². The smallest absolute Gasteiger partial charge is 0.306 e. The maximum Gasteiger partial charge on any atom is 0.306 e. The van der Waals surface area contributed by atoms with E-state index in [2.05, 4.69) is 6.92 Å². The van der Waals surface area contributed by atoms with Gasteiger partial charge in [-0.05, 0) is 19.4 Å². The number of carbonyl (C=O) groups is 1. The van der Waals surface area contributed by atoms with Gasteiger partial charge in [-0.25, -0.2) is 0 Å². The molecule has 0 aliphatic heterocycles. The average molecular weight is 182 g/mol. The van der Waals surface area contributed by atoms with Gasteiger partial charge in [0.2, 0.25) is 0 Å². The maximum absolute atomic E-state index is 11.0. The number of hydrogen-bond acceptors (Lipinski definition) is 2. The average Bonchev–Trinajstić information content (AvgIpc) is 2.14. The molecule has 0 aliphatic carbocycles. The Labute approximate surface area is 80.3 Å². The summed E-state index contributed by atoms with van der Waals surface area (Å²) in [5.41, 5.74) is 0. The van der Waals surface area contributed by atoms with Crippen LogP contribution in [0.3, 0.4) is 0 Å². The van der Waals surface area contributed by atoms with Crippen molar-refractivity contribution in [2.45, 2.75) is 33.1 Å². The molecule has 0 aromatic heterocycles. The summed E-state index contributed by atoms with van der Waals surface area (Å²) in [5.74, 6) is -0.105. The summed E-state index contributed by atoms with van der Waals surface area (Å²) in [5, 5.41) is 0. The topological polar surface area (TPSA) is 26.3 Å². The van der Waals surface area contributed by atoms with Gasteiger partial charge in [-0.1, -0.05) is 31.6 Å². The lowest BCUT2D eigenvalue weighted by Gasteiger charge is -1.99. The highest BCUT2D eigenvalue weighted by Gasteiger charge is 1.98. The molecule has 0 aliphatic rings. The number of ether oxygens (including phenoxy) is 1. The molecule has 0 amide bonds. The van der Waals surface area contributed by atoms with Crippen molar-refractivity contribution in [1.29, 1.82) is 0 Å². The second-order valence-corrected chi connectivity index (χ2v) is 2.74. The van der Waals surface area contributed by atoms with Gasteiger partial charge in [0.05, 0.1) is 0 Å². The summed E-state index contributed by atoms with van der Waals surface area (Å²) in [7, 11) is 0. The summed E-state index contributed by atoms with van der Waals surface area (Å²) in [6.45, 7) is 4.38. The third-order valence-corrected chi connectivity index (χ3v) is 1.51. The summed E-state index contributed by atoms with van der Waals surface area (Å²) < 4.78 is 4.93. The van der Waals surface area contributed by atoms with Crippen molar-refractivity contribution < 1.29 is 9.53 Å². The van der Waals surface area contributed by atoms with Gasteiger partial charge in [-0.3, -0.25) is 4.79 Å². The van der Waals surface area contributed by atoms with E-state index in [0.29, 0.717) is 13.0 Å². The van der Waals surface area contributed by atoms with Crippen LogP contribution in [-0.2, 0) is 9.53 Å². The first-order chi connectivity index (χ1) is 6.31. The Bertz CT molecular complexity index is 181. The molecule has 0 saturated carbocycles. The van der Waals surface area contributed by atoms with Gasteiger partial charge in [-0.15, -0.1) is 0 Å². The number of carbonyl (C=O) groups excluding carboxylic acids is 1. The van der Waals surface area contributed by atoms with Gasteiger partial charge in [0.15, 0.2) is 0 Å². The van der Waals surface area contributed by atoms with Crippen LogP contribution in [0.15, 0.2) is 24.3 Å². The fraction of sp³-hybridized carbons (Fsp3) is 0.545. The molecule has 0 radical (unpaired) electrons. The Morgan fingerprint density at radius 3 is 2.77 bits per heavy atom. The van der Waals surface area contributed by atoms with E-state index in [4.69, 9.17) is 4.74 Å². The Kier molecular flexibility index (Phi) is 8.31. The predicted octanol–water partition coefficient (Wildman–Crippen LogP) is 2.85. The predicted molar refractivity (Wildman–Crippen MR) is 54.4 cm³/mol. The second kappa shape index (κ2) is 9.04. The molecule has 0 saturated heterocycles. The zero-order chi connectivity index (χ0) is 9.94. The molecule has 74 valence electrons. The van der Waals surface area contributed by atoms with E-state index < -0.39 is 0 Å². The Morgan fingerprint density at radius 2 is 2.15 bits per heavy atom. The van der Waals surface area contributed by atoms with Crippen LogP contribution >= 0.6 is 0 Å². The van der Waals surface area contributed by atoms with Gasteiger partial charge in [-0.2, -0.15) is 0 Å². The molecule has 2 nitrogen and oxygen atoms in total. The van der Waals surface area contributed by atoms with Crippen molar-refractivity contribution in [2.24, 2.45) is 0 Å². The molecule has 0 heterocycles. The summed E-state index contributed by atoms with van der Waals surface area (Å²) in [6.07, 6.45) is 10.0. The molecule has 0 aromatic rings. The summed E-state index contributed by atoms with van der Waals surface area (Å²) in [4.78, 5) is 11.0. The quantitative estimate of drug-likeness (QED) is 0.466. The van der Waals surface area contributed by atoms with Gasteiger partial charge >= 0.3 is 5.97 Å². The van der Waals surface area contributed by atoms with E-state index in [1.165, 1.54) is 0 Å². The van der Waals surface area contributed by atoms with Crippen LogP contribution in [-0.4, -0.2) is 12.6 Å². The lowest BCUT2D eigenvalue weighted by Crippen LogP contribution is -2.03. The third-order valence-electron chi connectivity index (χ3n) is 1.51. The fourth-order valence-corrected chi connectivity index (χ4v) is 0.780. The summed E-state index contributed by atoms with van der Waals surface area (Å²) in [6, 6.07) is 0. The lowest BCUT2D eigenvalue weighted by molar-refractivity contribution is -0.142. The van der Waals surface area contributed by atoms with E-state index in [1.54, 1.807) is 0 Å². The molecular weight excluding hydrogens is 164 g/mol. The van der Waals surface area contributed by atoms with Crippen LogP contribution in [0.25, 0.3) is 0 Å². The standard InChI is InChI=1S/C11H18O2/c1-3-5-7-8-10-13-11(12)9-6-4-2/h3,5,7-8H,4,6,9-10H2,1-2H3. The number of esters is 1. The van der Waals surface area contributed by atoms with E-state index in [-0.39, 0.29) is 5.97 Å². The largest absolute Gasteiger partial charge is 0.461 e. The van der Waals surface area contributed by atoms with Crippen LogP contribution < -0.4 is 0 Å². The van der Waals surface area contributed by atoms with Crippen molar-refractivity contribution in [1.82, 2.24) is 0 Å². The molecule has 0 spiro atoms. The van der Waals surface area contributed by atoms with Crippen molar-refractivity contribution >= 4 is 5.97 Å². The summed E-state index contributed by atoms with van der Waals surface area (Å²) >= 11 is 0. The fourth-order valence-electron chi connectivity index (χ4n) is 0.780. The normalized spacial score (nSPS) is 11.2. The first-order valence-corrected chi connectivity index (χ1v) is 4.74. The van der Waals surface area contributed by atoms with Crippen LogP contribution in [0, 0.1) is 0 Å². The molecule has 2 heteroatoms. The molecule has 0 fully saturated rings. The van der Waals surface area contributed by atoms with Crippen molar-refractivity contribution in [3.8, 4) is 0 Å². The minimum absolute atomic E-state index is 0.105. The van der Waals surface area contributed by atoms with Crippen LogP contribution in [0.1, 0.15) is 33.1 Å². The van der Waals surface area contributed by atoms with Crippen molar-refractivity contribution in [2.75, 3.05) is 6.61 Å². The molecule has 0 bridgehead atoms. The maximum atomic E-state index is 11.0. The van der Waals surface area contributed by atoms with Gasteiger partial charge in [0.25, 0.3) is 0 Å². The number of hydrogen-bond donors (Lipinski definition) is 0. The van der Waals surface area contributed by atoms with E-state index in [1.807, 2.05) is 31.2 Å². The number of rotatable bonds is 6. The Balaban J connectivity index is 3.36. The van der Waals surface area contributed by atoms with Crippen LogP contribution in [0.4, 0.5) is 0 Å². The highest BCUT2D eigenvalue weighted by Crippen LogP contribution is 1.96. The van der Waals surface area contributed by atoms with Gasteiger partial charge in [0.1, 0.15) is 6.61 Å². The SMILES string of the molecule is CC=CC=CCOC(=O)CCCC. The number of unbranched alkanes of at least 4 members (excludes halogenated alkanes) is 1. The van der Waals surface area contributed by atoms with Crippen molar-refractivity contribution in [3.05, 3.63) is 24.3 Å².